The molecule has 0 aromatic heterocycles. The molecule has 70 valence electrons. The third-order valence-corrected chi connectivity index (χ3v) is 3.60. The molecule has 1 aliphatic rings. The molecular weight excluding hydrogens is 188 g/mol. The van der Waals surface area contributed by atoms with E-state index in [9.17, 15) is 8.42 Å². The second kappa shape index (κ2) is 2.80. The summed E-state index contributed by atoms with van der Waals surface area (Å²) in [4.78, 5) is 0.336. The van der Waals surface area contributed by atoms with Crippen molar-refractivity contribution in [1.29, 1.82) is 0 Å². The standard InChI is InChI=1S/C8H10N2O2S/c1-7-2-4-8(5-3-7)13(11,12)10-6-9-10/h2-5,9H,6H2,1H3. The lowest BCUT2D eigenvalue weighted by Gasteiger charge is -2.02. The summed E-state index contributed by atoms with van der Waals surface area (Å²) < 4.78 is 24.3. The number of rotatable bonds is 2. The van der Waals surface area contributed by atoms with Crippen molar-refractivity contribution in [3.05, 3.63) is 29.8 Å². The molecule has 1 saturated heterocycles. The maximum absolute atomic E-state index is 11.6. The van der Waals surface area contributed by atoms with Gasteiger partial charge in [-0.15, -0.1) is 4.41 Å². The lowest BCUT2D eigenvalue weighted by atomic mass is 10.2. The second-order valence-electron chi connectivity index (χ2n) is 2.98. The highest BCUT2D eigenvalue weighted by Crippen LogP contribution is 2.17. The molecule has 1 aromatic rings. The fourth-order valence-corrected chi connectivity index (χ4v) is 2.17. The van der Waals surface area contributed by atoms with Gasteiger partial charge in [-0.25, -0.2) is 13.8 Å². The highest BCUT2D eigenvalue weighted by molar-refractivity contribution is 7.89. The SMILES string of the molecule is Cc1ccc(S(=O)(=O)N2CN2)cc1. The Morgan fingerprint density at radius 3 is 2.31 bits per heavy atom. The molecule has 5 heteroatoms. The smallest absolute Gasteiger partial charge is 0.223 e. The van der Waals surface area contributed by atoms with Crippen LogP contribution in [0.2, 0.25) is 0 Å². The third-order valence-electron chi connectivity index (χ3n) is 1.90. The number of sulfonamides is 1. The quantitative estimate of drug-likeness (QED) is 0.702. The molecule has 1 atom stereocenters. The van der Waals surface area contributed by atoms with Crippen molar-refractivity contribution >= 4 is 10.0 Å². The zero-order valence-electron chi connectivity index (χ0n) is 7.19. The first kappa shape index (κ1) is 8.68. The summed E-state index contributed by atoms with van der Waals surface area (Å²) in [6, 6.07) is 6.81. The van der Waals surface area contributed by atoms with Gasteiger partial charge >= 0.3 is 0 Å². The summed E-state index contributed by atoms with van der Waals surface area (Å²) in [6.07, 6.45) is 0. The highest BCUT2D eigenvalue weighted by atomic mass is 32.2. The first-order valence-electron chi connectivity index (χ1n) is 3.93. The van der Waals surface area contributed by atoms with E-state index in [1.165, 1.54) is 4.41 Å². The van der Waals surface area contributed by atoms with Crippen LogP contribution >= 0.6 is 0 Å². The van der Waals surface area contributed by atoms with Crippen LogP contribution in [-0.2, 0) is 10.0 Å². The van der Waals surface area contributed by atoms with Gasteiger partial charge < -0.3 is 0 Å². The van der Waals surface area contributed by atoms with Crippen molar-refractivity contribution in [1.82, 2.24) is 9.84 Å². The number of hydrogen-bond acceptors (Lipinski definition) is 3. The number of hydrazine groups is 1. The predicted octanol–water partition coefficient (Wildman–Crippen LogP) is 0.461. The molecule has 2 rings (SSSR count). The molecule has 1 fully saturated rings. The van der Waals surface area contributed by atoms with Gasteiger partial charge in [0.1, 0.15) is 0 Å². The molecule has 4 nitrogen and oxygen atoms in total. The van der Waals surface area contributed by atoms with Crippen LogP contribution in [0.3, 0.4) is 0 Å². The largest absolute Gasteiger partial charge is 0.257 e. The number of benzene rings is 1. The van der Waals surface area contributed by atoms with Crippen LogP contribution in [0, 0.1) is 6.92 Å². The van der Waals surface area contributed by atoms with Gasteiger partial charge in [-0.3, -0.25) is 0 Å². The number of nitrogens with one attached hydrogen (secondary N) is 1. The first-order chi connectivity index (χ1) is 6.10. The van der Waals surface area contributed by atoms with E-state index in [0.717, 1.165) is 5.56 Å². The van der Waals surface area contributed by atoms with E-state index in [-0.39, 0.29) is 0 Å². The Hall–Kier alpha value is -0.910. The molecule has 0 spiro atoms. The summed E-state index contributed by atoms with van der Waals surface area (Å²) in [6.45, 7) is 2.34. The molecule has 13 heavy (non-hydrogen) atoms. The maximum atomic E-state index is 11.6. The van der Waals surface area contributed by atoms with Crippen molar-refractivity contribution in [2.75, 3.05) is 6.67 Å². The molecule has 0 aliphatic carbocycles. The van der Waals surface area contributed by atoms with Crippen LogP contribution in [0.15, 0.2) is 29.2 Å². The van der Waals surface area contributed by atoms with Crippen LogP contribution in [0.5, 0.6) is 0 Å². The van der Waals surface area contributed by atoms with Gasteiger partial charge in [0, 0.05) is 0 Å². The van der Waals surface area contributed by atoms with Crippen LogP contribution in [-0.4, -0.2) is 19.5 Å². The summed E-state index contributed by atoms with van der Waals surface area (Å²) in [5.41, 5.74) is 3.69. The van der Waals surface area contributed by atoms with Crippen molar-refractivity contribution in [3.63, 3.8) is 0 Å². The minimum Gasteiger partial charge on any atom is -0.223 e. The van der Waals surface area contributed by atoms with Crippen molar-refractivity contribution < 1.29 is 8.42 Å². The summed E-state index contributed by atoms with van der Waals surface area (Å²) in [5.74, 6) is 0. The minimum atomic E-state index is -3.26. The van der Waals surface area contributed by atoms with Gasteiger partial charge in [-0.05, 0) is 19.1 Å². The Morgan fingerprint density at radius 1 is 1.31 bits per heavy atom. The molecule has 1 N–H and O–H groups in total. The van der Waals surface area contributed by atoms with E-state index in [4.69, 9.17) is 0 Å². The Morgan fingerprint density at radius 2 is 1.85 bits per heavy atom. The van der Waals surface area contributed by atoms with Crippen molar-refractivity contribution in [2.45, 2.75) is 11.8 Å². The Labute approximate surface area is 77.2 Å². The van der Waals surface area contributed by atoms with Crippen molar-refractivity contribution in [3.8, 4) is 0 Å². The average Bonchev–Trinajstić information content (AvgIpc) is 2.87. The minimum absolute atomic E-state index is 0.336. The van der Waals surface area contributed by atoms with E-state index >= 15 is 0 Å². The van der Waals surface area contributed by atoms with E-state index in [0.29, 0.717) is 11.6 Å². The fourth-order valence-electron chi connectivity index (χ4n) is 1.04. The average molecular weight is 198 g/mol. The van der Waals surface area contributed by atoms with Crippen LogP contribution in [0.25, 0.3) is 0 Å². The molecule has 1 aliphatic heterocycles. The molecule has 0 amide bonds. The number of hydrogen-bond donors (Lipinski definition) is 1. The number of aryl methyl sites for hydroxylation is 1. The zero-order valence-corrected chi connectivity index (χ0v) is 8.00. The third kappa shape index (κ3) is 1.58. The lowest BCUT2D eigenvalue weighted by Crippen LogP contribution is -2.13. The molecule has 0 radical (unpaired) electrons. The van der Waals surface area contributed by atoms with Gasteiger partial charge in [0.25, 0.3) is 10.0 Å². The van der Waals surface area contributed by atoms with E-state index < -0.39 is 10.0 Å². The van der Waals surface area contributed by atoms with Gasteiger partial charge in [0.05, 0.1) is 11.6 Å². The highest BCUT2D eigenvalue weighted by Gasteiger charge is 2.32. The van der Waals surface area contributed by atoms with Crippen molar-refractivity contribution in [2.24, 2.45) is 0 Å². The molecule has 0 saturated carbocycles. The molecule has 0 bridgehead atoms. The Bertz CT molecular complexity index is 406. The Kier molecular flexibility index (Phi) is 1.87. The fraction of sp³-hybridized carbons (Fsp3) is 0.250. The molecule has 1 heterocycles. The second-order valence-corrected chi connectivity index (χ2v) is 4.85. The van der Waals surface area contributed by atoms with Gasteiger partial charge in [-0.1, -0.05) is 17.7 Å². The summed E-state index contributed by atoms with van der Waals surface area (Å²) in [5, 5.41) is 0. The predicted molar refractivity (Wildman–Crippen MR) is 48.2 cm³/mol. The van der Waals surface area contributed by atoms with E-state index in [2.05, 4.69) is 5.43 Å². The summed E-state index contributed by atoms with van der Waals surface area (Å²) >= 11 is 0. The van der Waals surface area contributed by atoms with E-state index in [1.54, 1.807) is 24.3 Å². The molecule has 1 aromatic carbocycles. The van der Waals surface area contributed by atoms with E-state index in [1.807, 2.05) is 6.92 Å². The van der Waals surface area contributed by atoms with Gasteiger partial charge in [0.2, 0.25) is 0 Å². The molecular formula is C8H10N2O2S. The summed E-state index contributed by atoms with van der Waals surface area (Å²) in [7, 11) is -3.26. The normalized spacial score (nSPS) is 21.5. The van der Waals surface area contributed by atoms with Gasteiger partial charge in [0.15, 0.2) is 0 Å². The van der Waals surface area contributed by atoms with Crippen LogP contribution in [0.4, 0.5) is 0 Å². The first-order valence-corrected chi connectivity index (χ1v) is 5.37. The van der Waals surface area contributed by atoms with Crippen LogP contribution in [0.1, 0.15) is 5.56 Å². The monoisotopic (exact) mass is 198 g/mol. The van der Waals surface area contributed by atoms with Crippen LogP contribution < -0.4 is 5.43 Å². The topological polar surface area (TPSA) is 59.1 Å². The van der Waals surface area contributed by atoms with Gasteiger partial charge in [-0.2, -0.15) is 0 Å². The number of nitrogens with zero attached hydrogens (tertiary/aromatic N) is 1. The zero-order chi connectivity index (χ0) is 9.47. The molecule has 1 unspecified atom stereocenters. The lowest BCUT2D eigenvalue weighted by molar-refractivity contribution is 0.554. The maximum Gasteiger partial charge on any atom is 0.257 e. The Balaban J connectivity index is 2.40.